The van der Waals surface area contributed by atoms with Gasteiger partial charge in [0.05, 0.1) is 0 Å². The van der Waals surface area contributed by atoms with Crippen LogP contribution in [0.2, 0.25) is 0 Å². The van der Waals surface area contributed by atoms with Crippen molar-refractivity contribution in [2.75, 3.05) is 13.2 Å². The average molecular weight is 248 g/mol. The molecule has 0 saturated carbocycles. The summed E-state index contributed by atoms with van der Waals surface area (Å²) in [5, 5.41) is 0.616. The van der Waals surface area contributed by atoms with Gasteiger partial charge in [0.15, 0.2) is 0 Å². The predicted molar refractivity (Wildman–Crippen MR) is 69.2 cm³/mol. The fraction of sp³-hybridized carbons (Fsp3) is 0.455. The number of hydrogen-bond donors (Lipinski definition) is 1. The smallest absolute Gasteiger partial charge is 0.119 e. The van der Waals surface area contributed by atoms with Gasteiger partial charge < -0.3 is 10.5 Å². The van der Waals surface area contributed by atoms with Gasteiger partial charge in [-0.2, -0.15) is 0 Å². The standard InChI is InChI=1S/C11H17NOS.ClH/c1-9(2)14-11-5-3-10(4-6-11)13-8-7-12;/h3-6,9H,7-8,12H2,1-2H3;1H. The number of thioether (sulfide) groups is 1. The summed E-state index contributed by atoms with van der Waals surface area (Å²) in [6, 6.07) is 8.13. The van der Waals surface area contributed by atoms with E-state index in [-0.39, 0.29) is 12.4 Å². The molecule has 0 spiro atoms. The molecule has 2 N–H and O–H groups in total. The van der Waals surface area contributed by atoms with E-state index in [0.717, 1.165) is 5.75 Å². The van der Waals surface area contributed by atoms with Crippen LogP contribution in [0, 0.1) is 0 Å². The molecule has 4 heteroatoms. The van der Waals surface area contributed by atoms with Gasteiger partial charge in [0.1, 0.15) is 12.4 Å². The van der Waals surface area contributed by atoms with Crippen LogP contribution < -0.4 is 10.5 Å². The Bertz CT molecular complexity index is 264. The highest BCUT2D eigenvalue weighted by molar-refractivity contribution is 7.99. The van der Waals surface area contributed by atoms with E-state index < -0.39 is 0 Å². The highest BCUT2D eigenvalue weighted by atomic mass is 35.5. The van der Waals surface area contributed by atoms with E-state index in [1.54, 1.807) is 0 Å². The first-order valence-electron chi connectivity index (χ1n) is 4.82. The third-order valence-corrected chi connectivity index (χ3v) is 2.60. The second kappa shape index (κ2) is 7.85. The van der Waals surface area contributed by atoms with E-state index in [2.05, 4.69) is 26.0 Å². The van der Waals surface area contributed by atoms with Crippen molar-refractivity contribution in [3.8, 4) is 5.75 Å². The van der Waals surface area contributed by atoms with Crippen LogP contribution in [0.4, 0.5) is 0 Å². The van der Waals surface area contributed by atoms with Crippen molar-refractivity contribution >= 4 is 24.2 Å². The minimum atomic E-state index is 0. The second-order valence-electron chi connectivity index (χ2n) is 3.28. The first kappa shape index (κ1) is 14.6. The Morgan fingerprint density at radius 2 is 1.87 bits per heavy atom. The Hall–Kier alpha value is -0.380. The summed E-state index contributed by atoms with van der Waals surface area (Å²) >= 11 is 1.85. The Morgan fingerprint density at radius 3 is 2.33 bits per heavy atom. The first-order chi connectivity index (χ1) is 6.72. The van der Waals surface area contributed by atoms with Crippen molar-refractivity contribution in [3.63, 3.8) is 0 Å². The minimum absolute atomic E-state index is 0. The molecule has 0 radical (unpaired) electrons. The summed E-state index contributed by atoms with van der Waals surface area (Å²) in [4.78, 5) is 1.28. The monoisotopic (exact) mass is 247 g/mol. The van der Waals surface area contributed by atoms with Crippen molar-refractivity contribution < 1.29 is 4.74 Å². The molecule has 2 nitrogen and oxygen atoms in total. The molecular weight excluding hydrogens is 230 g/mol. The molecule has 0 aliphatic rings. The molecule has 15 heavy (non-hydrogen) atoms. The third kappa shape index (κ3) is 5.92. The van der Waals surface area contributed by atoms with Crippen LogP contribution in [0.25, 0.3) is 0 Å². The van der Waals surface area contributed by atoms with Gasteiger partial charge in [0.25, 0.3) is 0 Å². The Kier molecular flexibility index (Phi) is 7.65. The summed E-state index contributed by atoms with van der Waals surface area (Å²) in [5.74, 6) is 0.892. The molecule has 0 aliphatic heterocycles. The fourth-order valence-corrected chi connectivity index (χ4v) is 1.90. The van der Waals surface area contributed by atoms with Crippen molar-refractivity contribution in [2.24, 2.45) is 5.73 Å². The van der Waals surface area contributed by atoms with Gasteiger partial charge in [-0.3, -0.25) is 0 Å². The molecule has 0 heterocycles. The third-order valence-electron chi connectivity index (χ3n) is 1.58. The second-order valence-corrected chi connectivity index (χ2v) is 4.93. The molecule has 0 bridgehead atoms. The van der Waals surface area contributed by atoms with Crippen molar-refractivity contribution in [3.05, 3.63) is 24.3 Å². The van der Waals surface area contributed by atoms with Gasteiger partial charge in [-0.15, -0.1) is 24.2 Å². The topological polar surface area (TPSA) is 35.2 Å². The van der Waals surface area contributed by atoms with E-state index >= 15 is 0 Å². The number of hydrogen-bond acceptors (Lipinski definition) is 3. The van der Waals surface area contributed by atoms with Crippen molar-refractivity contribution in [1.82, 2.24) is 0 Å². The molecule has 86 valence electrons. The fourth-order valence-electron chi connectivity index (χ4n) is 1.06. The Labute approximate surface area is 102 Å². The van der Waals surface area contributed by atoms with Gasteiger partial charge in [0, 0.05) is 16.7 Å². The predicted octanol–water partition coefficient (Wildman–Crippen LogP) is 2.95. The largest absolute Gasteiger partial charge is 0.492 e. The van der Waals surface area contributed by atoms with Crippen LogP contribution in [-0.4, -0.2) is 18.4 Å². The van der Waals surface area contributed by atoms with Gasteiger partial charge in [-0.1, -0.05) is 13.8 Å². The number of rotatable bonds is 5. The van der Waals surface area contributed by atoms with Crippen LogP contribution in [0.5, 0.6) is 5.75 Å². The van der Waals surface area contributed by atoms with E-state index in [0.29, 0.717) is 18.4 Å². The number of nitrogens with two attached hydrogens (primary N) is 1. The van der Waals surface area contributed by atoms with Gasteiger partial charge in [-0.05, 0) is 24.3 Å². The van der Waals surface area contributed by atoms with Gasteiger partial charge in [-0.25, -0.2) is 0 Å². The maximum absolute atomic E-state index is 5.38. The highest BCUT2D eigenvalue weighted by Gasteiger charge is 1.98. The van der Waals surface area contributed by atoms with E-state index in [1.165, 1.54) is 4.90 Å². The van der Waals surface area contributed by atoms with Crippen LogP contribution in [0.3, 0.4) is 0 Å². The summed E-state index contributed by atoms with van der Waals surface area (Å²) in [6.07, 6.45) is 0. The zero-order valence-corrected chi connectivity index (χ0v) is 10.7. The highest BCUT2D eigenvalue weighted by Crippen LogP contribution is 2.24. The lowest BCUT2D eigenvalue weighted by atomic mass is 10.3. The van der Waals surface area contributed by atoms with Crippen LogP contribution in [0.1, 0.15) is 13.8 Å². The summed E-state index contributed by atoms with van der Waals surface area (Å²) < 4.78 is 5.38. The molecule has 1 aromatic carbocycles. The van der Waals surface area contributed by atoms with E-state index in [1.807, 2.05) is 23.9 Å². The van der Waals surface area contributed by atoms with Gasteiger partial charge >= 0.3 is 0 Å². The van der Waals surface area contributed by atoms with E-state index in [9.17, 15) is 0 Å². The summed E-state index contributed by atoms with van der Waals surface area (Å²) in [6.45, 7) is 5.51. The zero-order valence-electron chi connectivity index (χ0n) is 9.10. The molecule has 0 fully saturated rings. The van der Waals surface area contributed by atoms with Crippen molar-refractivity contribution in [2.45, 2.75) is 24.0 Å². The quantitative estimate of drug-likeness (QED) is 0.813. The number of ether oxygens (including phenoxy) is 1. The van der Waals surface area contributed by atoms with Gasteiger partial charge in [0.2, 0.25) is 0 Å². The average Bonchev–Trinajstić information content (AvgIpc) is 2.16. The zero-order chi connectivity index (χ0) is 10.4. The maximum Gasteiger partial charge on any atom is 0.119 e. The normalized spacial score (nSPS) is 9.87. The van der Waals surface area contributed by atoms with Crippen LogP contribution in [0.15, 0.2) is 29.2 Å². The molecule has 0 aromatic heterocycles. The van der Waals surface area contributed by atoms with Crippen LogP contribution >= 0.6 is 24.2 Å². The summed E-state index contributed by atoms with van der Waals surface area (Å²) in [7, 11) is 0. The Balaban J connectivity index is 0.00000196. The molecule has 0 aliphatic carbocycles. The number of halogens is 1. The van der Waals surface area contributed by atoms with Crippen molar-refractivity contribution in [1.29, 1.82) is 0 Å². The minimum Gasteiger partial charge on any atom is -0.492 e. The lowest BCUT2D eigenvalue weighted by Gasteiger charge is -2.07. The molecule has 0 unspecified atom stereocenters. The molecule has 1 rings (SSSR count). The number of benzene rings is 1. The molecule has 1 aromatic rings. The lowest BCUT2D eigenvalue weighted by molar-refractivity contribution is 0.328. The molecular formula is C11H18ClNOS. The Morgan fingerprint density at radius 1 is 1.27 bits per heavy atom. The first-order valence-corrected chi connectivity index (χ1v) is 5.70. The molecule has 0 amide bonds. The SMILES string of the molecule is CC(C)Sc1ccc(OCCN)cc1.Cl. The maximum atomic E-state index is 5.38. The van der Waals surface area contributed by atoms with E-state index in [4.69, 9.17) is 10.5 Å². The summed E-state index contributed by atoms with van der Waals surface area (Å²) in [5.41, 5.74) is 5.34. The molecule has 0 atom stereocenters. The molecule has 0 saturated heterocycles. The van der Waals surface area contributed by atoms with Crippen LogP contribution in [-0.2, 0) is 0 Å². The lowest BCUT2D eigenvalue weighted by Crippen LogP contribution is -2.10.